The van der Waals surface area contributed by atoms with E-state index in [2.05, 4.69) is 33.8 Å². The first-order valence-corrected chi connectivity index (χ1v) is 10.9. The number of anilines is 2. The van der Waals surface area contributed by atoms with Crippen LogP contribution < -0.4 is 10.2 Å². The van der Waals surface area contributed by atoms with E-state index in [4.69, 9.17) is 0 Å². The summed E-state index contributed by atoms with van der Waals surface area (Å²) >= 11 is 1.83. The van der Waals surface area contributed by atoms with Crippen LogP contribution in [0.2, 0.25) is 0 Å². The molecule has 3 aromatic rings. The number of hydrogen-bond acceptors (Lipinski definition) is 3. The Kier molecular flexibility index (Phi) is 5.86. The molecule has 0 fully saturated rings. The quantitative estimate of drug-likeness (QED) is 0.561. The number of nitrogens with zero attached hydrogens (tertiary/aromatic N) is 1. The lowest BCUT2D eigenvalue weighted by Crippen LogP contribution is -2.29. The molecule has 0 unspecified atom stereocenters. The Labute approximate surface area is 179 Å². The lowest BCUT2D eigenvalue weighted by atomic mass is 10.0. The van der Waals surface area contributed by atoms with Crippen molar-refractivity contribution in [2.45, 2.75) is 39.7 Å². The van der Waals surface area contributed by atoms with E-state index in [1.54, 1.807) is 0 Å². The maximum atomic E-state index is 13.3. The summed E-state index contributed by atoms with van der Waals surface area (Å²) in [6.45, 7) is 5.91. The highest BCUT2D eigenvalue weighted by Crippen LogP contribution is 2.32. The maximum Gasteiger partial charge on any atom is 0.224 e. The zero-order valence-electron chi connectivity index (χ0n) is 17.1. The molecule has 3 nitrogen and oxygen atoms in total. The van der Waals surface area contributed by atoms with Gasteiger partial charge in [0.05, 0.1) is 0 Å². The van der Waals surface area contributed by atoms with Crippen molar-refractivity contribution in [2.24, 2.45) is 0 Å². The highest BCUT2D eigenvalue weighted by molar-refractivity contribution is 7.10. The van der Waals surface area contributed by atoms with E-state index in [0.29, 0.717) is 12.0 Å². The van der Waals surface area contributed by atoms with Crippen LogP contribution in [0.25, 0.3) is 0 Å². The first kappa shape index (κ1) is 20.5. The smallest absolute Gasteiger partial charge is 0.224 e. The van der Waals surface area contributed by atoms with Crippen LogP contribution in [-0.2, 0) is 24.2 Å². The van der Waals surface area contributed by atoms with Crippen LogP contribution >= 0.6 is 11.3 Å². The second-order valence-corrected chi connectivity index (χ2v) is 8.79. The van der Waals surface area contributed by atoms with Gasteiger partial charge in [0.15, 0.2) is 11.6 Å². The van der Waals surface area contributed by atoms with Gasteiger partial charge in [0.1, 0.15) is 0 Å². The average molecular weight is 427 g/mol. The van der Waals surface area contributed by atoms with Crippen molar-refractivity contribution in [3.63, 3.8) is 0 Å². The first-order valence-electron chi connectivity index (χ1n) is 10.1. The van der Waals surface area contributed by atoms with Crippen LogP contribution in [0.15, 0.2) is 41.8 Å². The molecule has 0 bridgehead atoms. The summed E-state index contributed by atoms with van der Waals surface area (Å²) in [5, 5.41) is 5.15. The summed E-state index contributed by atoms with van der Waals surface area (Å²) in [4.78, 5) is 16.3. The largest absolute Gasteiger partial charge is 0.367 e. The van der Waals surface area contributed by atoms with Crippen molar-refractivity contribution < 1.29 is 13.6 Å². The Balaban J connectivity index is 1.42. The molecule has 1 aliphatic heterocycles. The van der Waals surface area contributed by atoms with Gasteiger partial charge in [-0.3, -0.25) is 4.79 Å². The number of nitrogens with one attached hydrogen (secondary N) is 1. The lowest BCUT2D eigenvalue weighted by Gasteiger charge is -2.30. The van der Waals surface area contributed by atoms with Gasteiger partial charge >= 0.3 is 0 Å². The number of hydrogen-bond donors (Lipinski definition) is 1. The van der Waals surface area contributed by atoms with Gasteiger partial charge in [0, 0.05) is 35.8 Å². The van der Waals surface area contributed by atoms with E-state index in [1.807, 2.05) is 25.2 Å². The van der Waals surface area contributed by atoms with E-state index in [9.17, 15) is 13.6 Å². The van der Waals surface area contributed by atoms with Gasteiger partial charge in [-0.2, -0.15) is 0 Å². The zero-order valence-corrected chi connectivity index (χ0v) is 17.9. The minimum atomic E-state index is -0.887. The van der Waals surface area contributed by atoms with Crippen LogP contribution in [0.3, 0.4) is 0 Å². The van der Waals surface area contributed by atoms with Crippen molar-refractivity contribution in [1.82, 2.24) is 0 Å². The number of carbonyl (C=O) groups excluding carboxylic acids is 1. The molecule has 0 saturated heterocycles. The molecule has 0 radical (unpaired) electrons. The summed E-state index contributed by atoms with van der Waals surface area (Å²) < 4.78 is 26.4. The molecule has 2 aromatic carbocycles. The molecular formula is C24H24F2N2OS. The highest BCUT2D eigenvalue weighted by atomic mass is 32.1. The predicted octanol–water partition coefficient (Wildman–Crippen LogP) is 5.78. The number of fused-ring (bicyclic) bond motifs is 1. The van der Waals surface area contributed by atoms with Gasteiger partial charge in [0.25, 0.3) is 0 Å². The lowest BCUT2D eigenvalue weighted by molar-refractivity contribution is -0.116. The van der Waals surface area contributed by atoms with E-state index in [0.717, 1.165) is 48.5 Å². The van der Waals surface area contributed by atoms with Crippen molar-refractivity contribution in [2.75, 3.05) is 16.8 Å². The molecule has 1 aliphatic rings. The van der Waals surface area contributed by atoms with Crippen LogP contribution in [0.5, 0.6) is 0 Å². The third kappa shape index (κ3) is 4.38. The maximum absolute atomic E-state index is 13.3. The number of thiophene rings is 1. The minimum Gasteiger partial charge on any atom is -0.367 e. The molecule has 0 saturated carbocycles. The minimum absolute atomic E-state index is 0.139. The van der Waals surface area contributed by atoms with Gasteiger partial charge in [0.2, 0.25) is 5.91 Å². The van der Waals surface area contributed by atoms with Gasteiger partial charge in [-0.15, -0.1) is 11.3 Å². The molecular weight excluding hydrogens is 402 g/mol. The molecule has 4 rings (SSSR count). The number of amides is 1. The first-order chi connectivity index (χ1) is 14.4. The summed E-state index contributed by atoms with van der Waals surface area (Å²) in [6.07, 6.45) is 1.63. The number of benzene rings is 2. The van der Waals surface area contributed by atoms with E-state index in [1.165, 1.54) is 22.2 Å². The Hall–Kier alpha value is -2.73. The molecule has 0 atom stereocenters. The fourth-order valence-corrected chi connectivity index (χ4v) is 4.83. The van der Waals surface area contributed by atoms with Crippen molar-refractivity contribution in [3.05, 3.63) is 80.5 Å². The van der Waals surface area contributed by atoms with Crippen LogP contribution in [0.4, 0.5) is 20.2 Å². The summed E-state index contributed by atoms with van der Waals surface area (Å²) in [5.41, 5.74) is 6.02. The Morgan fingerprint density at radius 3 is 2.60 bits per heavy atom. The van der Waals surface area contributed by atoms with E-state index < -0.39 is 11.6 Å². The monoisotopic (exact) mass is 426 g/mol. The number of halogens is 2. The second kappa shape index (κ2) is 8.56. The molecule has 0 aliphatic carbocycles. The molecule has 1 amide bonds. The second-order valence-electron chi connectivity index (χ2n) is 7.79. The number of aryl methyl sites for hydroxylation is 3. The fraction of sp³-hybridized carbons (Fsp3) is 0.292. The van der Waals surface area contributed by atoms with Crippen LogP contribution in [-0.4, -0.2) is 12.5 Å². The van der Waals surface area contributed by atoms with Crippen molar-refractivity contribution >= 4 is 28.6 Å². The molecule has 30 heavy (non-hydrogen) atoms. The van der Waals surface area contributed by atoms with Gasteiger partial charge < -0.3 is 10.2 Å². The number of carbonyl (C=O) groups is 1. The van der Waals surface area contributed by atoms with Crippen LogP contribution in [0, 0.1) is 25.5 Å². The van der Waals surface area contributed by atoms with Gasteiger partial charge in [-0.05, 0) is 84.7 Å². The zero-order chi connectivity index (χ0) is 21.3. The summed E-state index contributed by atoms with van der Waals surface area (Å²) in [6, 6.07) is 10.2. The third-order valence-corrected chi connectivity index (χ3v) is 6.60. The van der Waals surface area contributed by atoms with Gasteiger partial charge in [-0.1, -0.05) is 6.07 Å². The predicted molar refractivity (Wildman–Crippen MR) is 118 cm³/mol. The van der Waals surface area contributed by atoms with E-state index in [-0.39, 0.29) is 12.3 Å². The SMILES string of the molecule is Cc1cc(N2CCc3sccc3C2)cc(C)c1NC(=O)CCc1ccc(F)c(F)c1. The fourth-order valence-electron chi connectivity index (χ4n) is 3.94. The molecule has 6 heteroatoms. The summed E-state index contributed by atoms with van der Waals surface area (Å²) in [5.74, 6) is -1.90. The van der Waals surface area contributed by atoms with Gasteiger partial charge in [-0.25, -0.2) is 8.78 Å². The molecule has 1 aromatic heterocycles. The topological polar surface area (TPSA) is 32.3 Å². The Bertz CT molecular complexity index is 1070. The number of rotatable bonds is 5. The average Bonchev–Trinajstić information content (AvgIpc) is 3.19. The standard InChI is InChI=1S/C24H24F2N2OS/c1-15-11-19(28-9-7-22-18(14-28)8-10-30-22)12-16(2)24(15)27-23(29)6-4-17-3-5-20(25)21(26)13-17/h3,5,8,10-13H,4,6-7,9,14H2,1-2H3,(H,27,29). The van der Waals surface area contributed by atoms with Crippen LogP contribution in [0.1, 0.15) is 33.6 Å². The van der Waals surface area contributed by atoms with Crippen molar-refractivity contribution in [1.29, 1.82) is 0 Å². The van der Waals surface area contributed by atoms with E-state index >= 15 is 0 Å². The molecule has 0 spiro atoms. The molecule has 2 heterocycles. The summed E-state index contributed by atoms with van der Waals surface area (Å²) in [7, 11) is 0. The highest BCUT2D eigenvalue weighted by Gasteiger charge is 2.19. The molecule has 1 N–H and O–H groups in total. The Morgan fingerprint density at radius 1 is 1.10 bits per heavy atom. The molecule has 156 valence electrons. The third-order valence-electron chi connectivity index (χ3n) is 5.58. The Morgan fingerprint density at radius 2 is 1.87 bits per heavy atom. The normalized spacial score (nSPS) is 13.3. The van der Waals surface area contributed by atoms with Crippen molar-refractivity contribution in [3.8, 4) is 0 Å².